The zero-order valence-electron chi connectivity index (χ0n) is 17.3. The summed E-state index contributed by atoms with van der Waals surface area (Å²) in [5.74, 6) is -1.16. The molecular weight excluding hydrogens is 429 g/mol. The number of hydrogen-bond acceptors (Lipinski definition) is 5. The molecule has 0 radical (unpaired) electrons. The quantitative estimate of drug-likeness (QED) is 0.555. The molecule has 0 aliphatic rings. The summed E-state index contributed by atoms with van der Waals surface area (Å²) in [7, 11) is -3.59. The largest absolute Gasteiger partial charge is 0.451 e. The van der Waals surface area contributed by atoms with E-state index in [-0.39, 0.29) is 16.2 Å². The number of rotatable bonds is 7. The van der Waals surface area contributed by atoms with Crippen LogP contribution in [0.25, 0.3) is 10.9 Å². The van der Waals surface area contributed by atoms with Gasteiger partial charge in [-0.3, -0.25) is 0 Å². The Morgan fingerprint density at radius 2 is 1.61 bits per heavy atom. The zero-order valence-corrected chi connectivity index (χ0v) is 18.1. The molecule has 3 aromatic rings. The molecule has 0 aliphatic heterocycles. The van der Waals surface area contributed by atoms with E-state index in [0.29, 0.717) is 24.0 Å². The number of benzene rings is 2. The van der Waals surface area contributed by atoms with Crippen LogP contribution in [0.2, 0.25) is 0 Å². The maximum absolute atomic E-state index is 13.2. The third-order valence-electron chi connectivity index (χ3n) is 4.93. The first-order valence-electron chi connectivity index (χ1n) is 9.78. The Balaban J connectivity index is 1.92. The molecule has 0 unspecified atom stereocenters. The van der Waals surface area contributed by atoms with E-state index < -0.39 is 28.1 Å². The molecule has 0 saturated carbocycles. The fourth-order valence-electron chi connectivity index (χ4n) is 3.24. The molecular formula is C21H23F3N4O2S. The third-order valence-corrected chi connectivity index (χ3v) is 7.00. The molecule has 1 heterocycles. The van der Waals surface area contributed by atoms with Crippen LogP contribution in [0.5, 0.6) is 0 Å². The van der Waals surface area contributed by atoms with E-state index >= 15 is 0 Å². The highest BCUT2D eigenvalue weighted by molar-refractivity contribution is 7.89. The molecule has 0 spiro atoms. The van der Waals surface area contributed by atoms with Crippen molar-refractivity contribution in [3.8, 4) is 0 Å². The second kappa shape index (κ2) is 8.80. The highest BCUT2D eigenvalue weighted by Gasteiger charge is 2.35. The minimum atomic E-state index is -4.68. The summed E-state index contributed by atoms with van der Waals surface area (Å²) in [6, 6.07) is 12.3. The van der Waals surface area contributed by atoms with Gasteiger partial charge in [0.2, 0.25) is 15.8 Å². The Morgan fingerprint density at radius 1 is 1.00 bits per heavy atom. The first-order valence-corrected chi connectivity index (χ1v) is 11.2. The molecule has 3 rings (SSSR count). The molecule has 10 heteroatoms. The van der Waals surface area contributed by atoms with E-state index in [1.165, 1.54) is 22.5 Å². The lowest BCUT2D eigenvalue weighted by Gasteiger charge is -2.20. The van der Waals surface area contributed by atoms with E-state index in [1.54, 1.807) is 51.1 Å². The third kappa shape index (κ3) is 4.80. The van der Waals surface area contributed by atoms with Crippen molar-refractivity contribution in [1.82, 2.24) is 14.3 Å². The van der Waals surface area contributed by atoms with Crippen molar-refractivity contribution < 1.29 is 21.6 Å². The zero-order chi connectivity index (χ0) is 22.8. The van der Waals surface area contributed by atoms with Gasteiger partial charge in [-0.2, -0.15) is 17.5 Å². The van der Waals surface area contributed by atoms with Crippen LogP contribution in [-0.2, 0) is 16.2 Å². The molecule has 0 saturated heterocycles. The van der Waals surface area contributed by atoms with Crippen molar-refractivity contribution in [1.29, 1.82) is 0 Å². The van der Waals surface area contributed by atoms with Gasteiger partial charge in [-0.25, -0.2) is 18.4 Å². The van der Waals surface area contributed by atoms with Gasteiger partial charge in [-0.15, -0.1) is 0 Å². The van der Waals surface area contributed by atoms with Gasteiger partial charge < -0.3 is 5.32 Å². The lowest BCUT2D eigenvalue weighted by atomic mass is 10.1. The molecule has 6 nitrogen and oxygen atoms in total. The summed E-state index contributed by atoms with van der Waals surface area (Å²) in [5.41, 5.74) is 0.884. The van der Waals surface area contributed by atoms with Gasteiger partial charge in [-0.1, -0.05) is 38.1 Å². The summed E-state index contributed by atoms with van der Waals surface area (Å²) in [6.07, 6.45) is -4.68. The van der Waals surface area contributed by atoms with Crippen LogP contribution >= 0.6 is 0 Å². The average Bonchev–Trinajstić information content (AvgIpc) is 2.73. The second-order valence-corrected chi connectivity index (χ2v) is 8.87. The van der Waals surface area contributed by atoms with Crippen LogP contribution in [0.3, 0.4) is 0 Å². The van der Waals surface area contributed by atoms with Crippen LogP contribution in [-0.4, -0.2) is 35.8 Å². The lowest BCUT2D eigenvalue weighted by molar-refractivity contribution is -0.144. The van der Waals surface area contributed by atoms with Crippen molar-refractivity contribution >= 4 is 26.7 Å². The molecule has 0 aliphatic carbocycles. The van der Waals surface area contributed by atoms with Gasteiger partial charge in [0.1, 0.15) is 5.82 Å². The molecule has 0 amide bonds. The number of halogens is 3. The number of hydrogen-bond donors (Lipinski definition) is 1. The number of fused-ring (bicyclic) bond motifs is 1. The Morgan fingerprint density at radius 3 is 2.19 bits per heavy atom. The van der Waals surface area contributed by atoms with Gasteiger partial charge in [0, 0.05) is 24.5 Å². The number of anilines is 1. The lowest BCUT2D eigenvalue weighted by Crippen LogP contribution is -2.30. The first-order chi connectivity index (χ1) is 14.6. The van der Waals surface area contributed by atoms with E-state index in [9.17, 15) is 21.6 Å². The Hall–Kier alpha value is -2.72. The fraction of sp³-hybridized carbons (Fsp3) is 0.333. The molecule has 2 aromatic carbocycles. The second-order valence-electron chi connectivity index (χ2n) is 6.94. The number of nitrogens with zero attached hydrogens (tertiary/aromatic N) is 3. The number of sulfonamides is 1. The molecule has 1 N–H and O–H groups in total. The summed E-state index contributed by atoms with van der Waals surface area (Å²) in [6.45, 7) is 6.02. The number of para-hydroxylation sites is 1. The maximum Gasteiger partial charge on any atom is 0.451 e. The van der Waals surface area contributed by atoms with Crippen molar-refractivity contribution in [2.24, 2.45) is 0 Å². The Labute approximate surface area is 179 Å². The first kappa shape index (κ1) is 23.0. The van der Waals surface area contributed by atoms with Crippen LogP contribution in [0.1, 0.15) is 38.2 Å². The summed E-state index contributed by atoms with van der Waals surface area (Å²) in [4.78, 5) is 7.47. The van der Waals surface area contributed by atoms with E-state index in [1.807, 2.05) is 0 Å². The predicted octanol–water partition coefficient (Wildman–Crippen LogP) is 4.85. The van der Waals surface area contributed by atoms with Crippen LogP contribution in [0.4, 0.5) is 19.0 Å². The Kier molecular flexibility index (Phi) is 6.51. The van der Waals surface area contributed by atoms with Gasteiger partial charge in [-0.05, 0) is 36.8 Å². The predicted molar refractivity (Wildman–Crippen MR) is 113 cm³/mol. The maximum atomic E-state index is 13.2. The number of alkyl halides is 3. The topological polar surface area (TPSA) is 75.2 Å². The SMILES string of the molecule is CCN(CC)S(=O)(=O)c1ccc([C@@H](C)Nc2nc(C(F)(F)F)nc3ccccc23)cc1. The van der Waals surface area contributed by atoms with Gasteiger partial charge in [0.25, 0.3) is 0 Å². The van der Waals surface area contributed by atoms with E-state index in [2.05, 4.69) is 15.3 Å². The summed E-state index contributed by atoms with van der Waals surface area (Å²) < 4.78 is 66.3. The minimum Gasteiger partial charge on any atom is -0.363 e. The van der Waals surface area contributed by atoms with Crippen LogP contribution in [0.15, 0.2) is 53.4 Å². The van der Waals surface area contributed by atoms with Gasteiger partial charge >= 0.3 is 6.18 Å². The monoisotopic (exact) mass is 452 g/mol. The van der Waals surface area contributed by atoms with E-state index in [4.69, 9.17) is 0 Å². The highest BCUT2D eigenvalue weighted by atomic mass is 32.2. The molecule has 31 heavy (non-hydrogen) atoms. The van der Waals surface area contributed by atoms with Gasteiger partial charge in [0.05, 0.1) is 10.4 Å². The average molecular weight is 453 g/mol. The smallest absolute Gasteiger partial charge is 0.363 e. The fourth-order valence-corrected chi connectivity index (χ4v) is 4.70. The molecule has 0 fully saturated rings. The van der Waals surface area contributed by atoms with Crippen molar-refractivity contribution in [2.45, 2.75) is 37.9 Å². The Bertz CT molecular complexity index is 1160. The van der Waals surface area contributed by atoms with Crippen molar-refractivity contribution in [2.75, 3.05) is 18.4 Å². The molecule has 166 valence electrons. The number of nitrogens with one attached hydrogen (secondary N) is 1. The van der Waals surface area contributed by atoms with E-state index in [0.717, 1.165) is 0 Å². The van der Waals surface area contributed by atoms with Crippen LogP contribution < -0.4 is 5.32 Å². The summed E-state index contributed by atoms with van der Waals surface area (Å²) >= 11 is 0. The van der Waals surface area contributed by atoms with Crippen molar-refractivity contribution in [3.63, 3.8) is 0 Å². The number of aromatic nitrogens is 2. The van der Waals surface area contributed by atoms with Gasteiger partial charge in [0.15, 0.2) is 0 Å². The highest BCUT2D eigenvalue weighted by Crippen LogP contribution is 2.31. The molecule has 1 aromatic heterocycles. The summed E-state index contributed by atoms with van der Waals surface area (Å²) in [5, 5.41) is 3.47. The normalized spacial score (nSPS) is 13.5. The minimum absolute atomic E-state index is 0.0604. The molecule has 0 bridgehead atoms. The van der Waals surface area contributed by atoms with Crippen LogP contribution in [0, 0.1) is 0 Å². The standard InChI is InChI=1S/C21H23F3N4O2S/c1-4-28(5-2)31(29,30)16-12-10-15(11-13-16)14(3)25-19-17-8-6-7-9-18(17)26-20(27-19)21(22,23)24/h6-14H,4-5H2,1-3H3,(H,25,26,27)/t14-/m1/s1. The molecule has 1 atom stereocenters. The van der Waals surface area contributed by atoms with Crippen molar-refractivity contribution in [3.05, 3.63) is 59.9 Å².